The highest BCUT2D eigenvalue weighted by Crippen LogP contribution is 2.23. The average Bonchev–Trinajstić information content (AvgIpc) is 2.36. The van der Waals surface area contributed by atoms with Crippen molar-refractivity contribution in [3.8, 4) is 5.75 Å². The molecule has 2 aliphatic rings. The molecule has 1 N–H and O–H groups in total. The van der Waals surface area contributed by atoms with E-state index in [-0.39, 0.29) is 0 Å². The largest absolute Gasteiger partial charge is 0.493 e. The lowest BCUT2D eigenvalue weighted by Gasteiger charge is -2.41. The molecule has 0 amide bonds. The fourth-order valence-electron chi connectivity index (χ4n) is 2.90. The number of fused-ring (bicyclic) bond motifs is 1. The number of benzene rings is 1. The number of nitrogens with one attached hydrogen (secondary N) is 1. The fourth-order valence-corrected chi connectivity index (χ4v) is 2.90. The molecule has 0 unspecified atom stereocenters. The van der Waals surface area contributed by atoms with Crippen molar-refractivity contribution >= 4 is 0 Å². The van der Waals surface area contributed by atoms with Crippen LogP contribution in [-0.4, -0.2) is 37.2 Å². The molecule has 1 aromatic carbocycles. The molecule has 2 aliphatic heterocycles. The summed E-state index contributed by atoms with van der Waals surface area (Å²) >= 11 is 0. The standard InChI is InChI=1S/C16H24N2O/c1-12(2)18-9-13(10-18)11-19-16-4-3-14-5-6-17-8-15(14)7-16/h3-4,7,12-13,17H,5-6,8-11H2,1-2H3. The Morgan fingerprint density at radius 2 is 2.16 bits per heavy atom. The molecule has 104 valence electrons. The minimum atomic E-state index is 0.672. The van der Waals surface area contributed by atoms with E-state index in [2.05, 4.69) is 42.3 Å². The normalized spacial score (nSPS) is 20.2. The van der Waals surface area contributed by atoms with E-state index in [1.165, 1.54) is 24.2 Å². The van der Waals surface area contributed by atoms with Gasteiger partial charge in [0, 0.05) is 31.6 Å². The number of ether oxygens (including phenoxy) is 1. The molecule has 3 heteroatoms. The van der Waals surface area contributed by atoms with E-state index in [1.807, 2.05) is 0 Å². The molecular weight excluding hydrogens is 236 g/mol. The second kappa shape index (κ2) is 5.51. The Morgan fingerprint density at radius 1 is 1.32 bits per heavy atom. The third-order valence-electron chi connectivity index (χ3n) is 4.27. The van der Waals surface area contributed by atoms with Crippen molar-refractivity contribution in [3.63, 3.8) is 0 Å². The van der Waals surface area contributed by atoms with Gasteiger partial charge in [0.25, 0.3) is 0 Å². The lowest BCUT2D eigenvalue weighted by molar-refractivity contribution is 0.0375. The van der Waals surface area contributed by atoms with Gasteiger partial charge in [0.2, 0.25) is 0 Å². The second-order valence-electron chi connectivity index (χ2n) is 6.08. The van der Waals surface area contributed by atoms with Crippen molar-refractivity contribution in [2.24, 2.45) is 5.92 Å². The molecule has 1 fully saturated rings. The SMILES string of the molecule is CC(C)N1CC(COc2ccc3c(c2)CNCC3)C1. The van der Waals surface area contributed by atoms with E-state index in [4.69, 9.17) is 4.74 Å². The zero-order valence-corrected chi connectivity index (χ0v) is 12.0. The fraction of sp³-hybridized carbons (Fsp3) is 0.625. The highest BCUT2D eigenvalue weighted by molar-refractivity contribution is 5.37. The zero-order valence-electron chi connectivity index (χ0n) is 12.0. The first-order valence-electron chi connectivity index (χ1n) is 7.42. The maximum absolute atomic E-state index is 5.95. The van der Waals surface area contributed by atoms with Gasteiger partial charge >= 0.3 is 0 Å². The molecule has 0 radical (unpaired) electrons. The van der Waals surface area contributed by atoms with E-state index < -0.39 is 0 Å². The van der Waals surface area contributed by atoms with Crippen LogP contribution in [0.1, 0.15) is 25.0 Å². The summed E-state index contributed by atoms with van der Waals surface area (Å²) in [6.07, 6.45) is 1.14. The molecule has 0 aromatic heterocycles. The number of rotatable bonds is 4. The zero-order chi connectivity index (χ0) is 13.2. The van der Waals surface area contributed by atoms with Crippen molar-refractivity contribution in [1.29, 1.82) is 0 Å². The summed E-state index contributed by atoms with van der Waals surface area (Å²) in [4.78, 5) is 2.49. The van der Waals surface area contributed by atoms with E-state index in [0.29, 0.717) is 12.0 Å². The van der Waals surface area contributed by atoms with Crippen LogP contribution in [0.15, 0.2) is 18.2 Å². The van der Waals surface area contributed by atoms with Crippen LogP contribution in [-0.2, 0) is 13.0 Å². The lowest BCUT2D eigenvalue weighted by atomic mass is 9.99. The van der Waals surface area contributed by atoms with Crippen LogP contribution >= 0.6 is 0 Å². The summed E-state index contributed by atoms with van der Waals surface area (Å²) in [7, 11) is 0. The highest BCUT2D eigenvalue weighted by atomic mass is 16.5. The first kappa shape index (κ1) is 12.9. The van der Waals surface area contributed by atoms with Crippen LogP contribution in [0.5, 0.6) is 5.75 Å². The molecule has 1 aromatic rings. The molecule has 0 spiro atoms. The summed E-state index contributed by atoms with van der Waals surface area (Å²) in [5.41, 5.74) is 2.88. The van der Waals surface area contributed by atoms with Crippen molar-refractivity contribution in [2.75, 3.05) is 26.2 Å². The molecule has 0 bridgehead atoms. The van der Waals surface area contributed by atoms with Crippen LogP contribution in [0.25, 0.3) is 0 Å². The Morgan fingerprint density at radius 3 is 2.95 bits per heavy atom. The molecule has 2 heterocycles. The van der Waals surface area contributed by atoms with Gasteiger partial charge in [-0.1, -0.05) is 6.07 Å². The second-order valence-corrected chi connectivity index (χ2v) is 6.08. The number of nitrogens with zero attached hydrogens (tertiary/aromatic N) is 1. The predicted molar refractivity (Wildman–Crippen MR) is 77.5 cm³/mol. The Kier molecular flexibility index (Phi) is 3.76. The van der Waals surface area contributed by atoms with Gasteiger partial charge in [-0.15, -0.1) is 0 Å². The van der Waals surface area contributed by atoms with Crippen molar-refractivity contribution in [2.45, 2.75) is 32.9 Å². The van der Waals surface area contributed by atoms with E-state index in [0.717, 1.165) is 31.9 Å². The molecule has 3 nitrogen and oxygen atoms in total. The highest BCUT2D eigenvalue weighted by Gasteiger charge is 2.28. The predicted octanol–water partition coefficient (Wildman–Crippen LogP) is 2.05. The summed E-state index contributed by atoms with van der Waals surface area (Å²) in [5.74, 6) is 1.74. The van der Waals surface area contributed by atoms with Gasteiger partial charge in [-0.05, 0) is 50.1 Å². The van der Waals surface area contributed by atoms with Crippen LogP contribution in [0, 0.1) is 5.92 Å². The smallest absolute Gasteiger partial charge is 0.119 e. The van der Waals surface area contributed by atoms with Crippen LogP contribution in [0.3, 0.4) is 0 Å². The lowest BCUT2D eigenvalue weighted by Crippen LogP contribution is -2.52. The number of likely N-dealkylation sites (tertiary alicyclic amines) is 1. The van der Waals surface area contributed by atoms with Gasteiger partial charge in [-0.3, -0.25) is 0 Å². The summed E-state index contributed by atoms with van der Waals surface area (Å²) < 4.78 is 5.95. The molecule has 0 aliphatic carbocycles. The Hall–Kier alpha value is -1.06. The number of hydrogen-bond donors (Lipinski definition) is 1. The summed E-state index contributed by atoms with van der Waals surface area (Å²) in [6, 6.07) is 7.24. The first-order chi connectivity index (χ1) is 9.22. The number of hydrogen-bond acceptors (Lipinski definition) is 3. The maximum Gasteiger partial charge on any atom is 0.119 e. The van der Waals surface area contributed by atoms with Crippen LogP contribution in [0.4, 0.5) is 0 Å². The van der Waals surface area contributed by atoms with Crippen LogP contribution in [0.2, 0.25) is 0 Å². The van der Waals surface area contributed by atoms with E-state index in [1.54, 1.807) is 0 Å². The minimum absolute atomic E-state index is 0.672. The summed E-state index contributed by atoms with van der Waals surface area (Å²) in [6.45, 7) is 9.82. The Bertz CT molecular complexity index is 438. The third kappa shape index (κ3) is 2.93. The Labute approximate surface area is 115 Å². The molecule has 0 saturated carbocycles. The maximum atomic E-state index is 5.95. The topological polar surface area (TPSA) is 24.5 Å². The van der Waals surface area contributed by atoms with Crippen molar-refractivity contribution < 1.29 is 4.74 Å². The van der Waals surface area contributed by atoms with Gasteiger partial charge in [0.05, 0.1) is 6.61 Å². The average molecular weight is 260 g/mol. The van der Waals surface area contributed by atoms with E-state index >= 15 is 0 Å². The van der Waals surface area contributed by atoms with Crippen molar-refractivity contribution in [3.05, 3.63) is 29.3 Å². The first-order valence-corrected chi connectivity index (χ1v) is 7.42. The van der Waals surface area contributed by atoms with Gasteiger partial charge in [0.15, 0.2) is 0 Å². The van der Waals surface area contributed by atoms with Gasteiger partial charge in [-0.25, -0.2) is 0 Å². The molecule has 3 rings (SSSR count). The molecule has 0 atom stereocenters. The van der Waals surface area contributed by atoms with E-state index in [9.17, 15) is 0 Å². The molecule has 19 heavy (non-hydrogen) atoms. The molecule has 1 saturated heterocycles. The monoisotopic (exact) mass is 260 g/mol. The minimum Gasteiger partial charge on any atom is -0.493 e. The summed E-state index contributed by atoms with van der Waals surface area (Å²) in [5, 5.41) is 3.41. The third-order valence-corrected chi connectivity index (χ3v) is 4.27. The quantitative estimate of drug-likeness (QED) is 0.897. The van der Waals surface area contributed by atoms with Gasteiger partial charge < -0.3 is 15.0 Å². The Balaban J connectivity index is 1.51. The van der Waals surface area contributed by atoms with Gasteiger partial charge in [0.1, 0.15) is 5.75 Å². The van der Waals surface area contributed by atoms with Crippen molar-refractivity contribution in [1.82, 2.24) is 10.2 Å². The van der Waals surface area contributed by atoms with Gasteiger partial charge in [-0.2, -0.15) is 0 Å². The van der Waals surface area contributed by atoms with Crippen LogP contribution < -0.4 is 10.1 Å². The molecular formula is C16H24N2O.